The van der Waals surface area contributed by atoms with Crippen molar-refractivity contribution >= 4 is 37.6 Å². The lowest BCUT2D eigenvalue weighted by molar-refractivity contribution is -0.387. The fourth-order valence-corrected chi connectivity index (χ4v) is 3.69. The van der Waals surface area contributed by atoms with E-state index in [9.17, 15) is 23.3 Å². The van der Waals surface area contributed by atoms with Gasteiger partial charge in [0.15, 0.2) is 4.90 Å². The summed E-state index contributed by atoms with van der Waals surface area (Å²) in [7, 11) is -4.35. The maximum absolute atomic E-state index is 12.3. The summed E-state index contributed by atoms with van der Waals surface area (Å²) in [6.45, 7) is 3.48. The number of carboxylic acid groups (broad SMARTS) is 1. The predicted molar refractivity (Wildman–Crippen MR) is 82.0 cm³/mol. The second-order valence-electron chi connectivity index (χ2n) is 5.01. The zero-order valence-electron chi connectivity index (χ0n) is 11.8. The first-order chi connectivity index (χ1) is 10.0. The predicted octanol–water partition coefficient (Wildman–Crippen LogP) is 2.13. The summed E-state index contributed by atoms with van der Waals surface area (Å²) in [6.07, 6.45) is 0.0658. The number of rotatable bonds is 7. The lowest BCUT2D eigenvalue weighted by atomic mass is 10.1. The molecule has 0 aliphatic heterocycles. The van der Waals surface area contributed by atoms with E-state index in [0.29, 0.717) is 4.47 Å². The summed E-state index contributed by atoms with van der Waals surface area (Å²) in [5, 5.41) is 20.1. The van der Waals surface area contributed by atoms with Gasteiger partial charge in [0.05, 0.1) is 4.92 Å². The second kappa shape index (κ2) is 7.16. The molecular weight excluding hydrogens is 380 g/mol. The molecule has 2 N–H and O–H groups in total. The van der Waals surface area contributed by atoms with Crippen LogP contribution < -0.4 is 4.72 Å². The highest BCUT2D eigenvalue weighted by Gasteiger charge is 2.31. The van der Waals surface area contributed by atoms with Gasteiger partial charge in [0.1, 0.15) is 6.04 Å². The molecule has 0 heterocycles. The van der Waals surface area contributed by atoms with Crippen LogP contribution in [0.5, 0.6) is 0 Å². The number of hydrogen-bond donors (Lipinski definition) is 2. The first-order valence-corrected chi connectivity index (χ1v) is 8.51. The number of sulfonamides is 1. The molecule has 8 nitrogen and oxygen atoms in total. The molecule has 122 valence electrons. The van der Waals surface area contributed by atoms with Gasteiger partial charge in [0.2, 0.25) is 10.0 Å². The second-order valence-corrected chi connectivity index (χ2v) is 7.61. The Morgan fingerprint density at radius 2 is 2.05 bits per heavy atom. The van der Waals surface area contributed by atoms with Crippen molar-refractivity contribution in [3.8, 4) is 0 Å². The summed E-state index contributed by atoms with van der Waals surface area (Å²) in [5.74, 6) is -1.41. The van der Waals surface area contributed by atoms with Gasteiger partial charge >= 0.3 is 5.97 Å². The van der Waals surface area contributed by atoms with Crippen molar-refractivity contribution in [3.05, 3.63) is 32.8 Å². The van der Waals surface area contributed by atoms with Crippen molar-refractivity contribution in [2.45, 2.75) is 31.2 Å². The Hall–Kier alpha value is -1.52. The van der Waals surface area contributed by atoms with Crippen molar-refractivity contribution in [2.75, 3.05) is 0 Å². The van der Waals surface area contributed by atoms with E-state index in [-0.39, 0.29) is 12.3 Å². The van der Waals surface area contributed by atoms with Crippen LogP contribution in [0.1, 0.15) is 20.3 Å². The van der Waals surface area contributed by atoms with Gasteiger partial charge in [-0.2, -0.15) is 4.72 Å². The summed E-state index contributed by atoms with van der Waals surface area (Å²) < 4.78 is 27.0. The van der Waals surface area contributed by atoms with Gasteiger partial charge in [-0.3, -0.25) is 14.9 Å². The molecule has 0 spiro atoms. The van der Waals surface area contributed by atoms with Crippen molar-refractivity contribution < 1.29 is 23.2 Å². The number of aliphatic carboxylic acids is 1. The minimum atomic E-state index is -4.35. The topological polar surface area (TPSA) is 127 Å². The Balaban J connectivity index is 3.26. The smallest absolute Gasteiger partial charge is 0.321 e. The molecule has 10 heteroatoms. The molecule has 0 radical (unpaired) electrons. The minimum Gasteiger partial charge on any atom is -0.480 e. The van der Waals surface area contributed by atoms with E-state index in [1.807, 2.05) is 4.72 Å². The number of nitrogens with zero attached hydrogens (tertiary/aromatic N) is 1. The molecule has 1 aromatic carbocycles. The van der Waals surface area contributed by atoms with E-state index in [1.54, 1.807) is 13.8 Å². The van der Waals surface area contributed by atoms with Gasteiger partial charge < -0.3 is 5.11 Å². The van der Waals surface area contributed by atoms with Crippen LogP contribution in [0, 0.1) is 16.0 Å². The summed E-state index contributed by atoms with van der Waals surface area (Å²) >= 11 is 3.04. The zero-order valence-corrected chi connectivity index (χ0v) is 14.2. The highest BCUT2D eigenvalue weighted by molar-refractivity contribution is 9.10. The molecule has 22 heavy (non-hydrogen) atoms. The zero-order chi connectivity index (χ0) is 17.1. The van der Waals surface area contributed by atoms with Gasteiger partial charge in [0, 0.05) is 10.5 Å². The largest absolute Gasteiger partial charge is 0.480 e. The quantitative estimate of drug-likeness (QED) is 0.538. The molecule has 1 unspecified atom stereocenters. The standard InChI is InChI=1S/C12H15BrN2O6S/c1-7(2)5-9(12(16)17)14-22(20,21)11-6-8(13)3-4-10(11)15(18)19/h3-4,6-7,9,14H,5H2,1-2H3,(H,16,17). The maximum Gasteiger partial charge on any atom is 0.321 e. The van der Waals surface area contributed by atoms with E-state index < -0.39 is 37.5 Å². The molecule has 0 aromatic heterocycles. The molecule has 1 aromatic rings. The molecule has 0 fully saturated rings. The van der Waals surface area contributed by atoms with E-state index >= 15 is 0 Å². The Kier molecular flexibility index (Phi) is 6.03. The number of nitro groups is 1. The molecule has 1 atom stereocenters. The summed E-state index contributed by atoms with van der Waals surface area (Å²) in [4.78, 5) is 20.7. The number of carboxylic acids is 1. The number of carbonyl (C=O) groups is 1. The van der Waals surface area contributed by atoms with E-state index in [1.165, 1.54) is 6.07 Å². The first-order valence-electron chi connectivity index (χ1n) is 6.23. The molecule has 0 bridgehead atoms. The summed E-state index contributed by atoms with van der Waals surface area (Å²) in [5.41, 5.74) is -0.621. The fourth-order valence-electron chi connectivity index (χ4n) is 1.78. The van der Waals surface area contributed by atoms with E-state index in [2.05, 4.69) is 15.9 Å². The third-order valence-corrected chi connectivity index (χ3v) is 4.70. The van der Waals surface area contributed by atoms with Crippen LogP contribution in [-0.2, 0) is 14.8 Å². The maximum atomic E-state index is 12.3. The van der Waals surface area contributed by atoms with Crippen molar-refractivity contribution in [3.63, 3.8) is 0 Å². The molecule has 1 rings (SSSR count). The molecule has 0 aliphatic rings. The molecule has 0 saturated heterocycles. The van der Waals surface area contributed by atoms with Crippen LogP contribution in [0.25, 0.3) is 0 Å². The summed E-state index contributed by atoms with van der Waals surface area (Å²) in [6, 6.07) is 2.08. The lowest BCUT2D eigenvalue weighted by Gasteiger charge is -2.16. The van der Waals surface area contributed by atoms with Crippen molar-refractivity contribution in [1.82, 2.24) is 4.72 Å². The van der Waals surface area contributed by atoms with Crippen LogP contribution in [0.15, 0.2) is 27.6 Å². The number of halogens is 1. The third-order valence-electron chi connectivity index (χ3n) is 2.71. The van der Waals surface area contributed by atoms with Crippen molar-refractivity contribution in [2.24, 2.45) is 5.92 Å². The Morgan fingerprint density at radius 1 is 1.45 bits per heavy atom. The van der Waals surface area contributed by atoms with Crippen LogP contribution in [-0.4, -0.2) is 30.5 Å². The Labute approximate surface area is 135 Å². The van der Waals surface area contributed by atoms with Crippen LogP contribution in [0.3, 0.4) is 0 Å². The van der Waals surface area contributed by atoms with Gasteiger partial charge in [0.25, 0.3) is 5.69 Å². The third kappa shape index (κ3) is 4.75. The lowest BCUT2D eigenvalue weighted by Crippen LogP contribution is -2.41. The highest BCUT2D eigenvalue weighted by Crippen LogP contribution is 2.27. The Morgan fingerprint density at radius 3 is 2.50 bits per heavy atom. The van der Waals surface area contributed by atoms with E-state index in [0.717, 1.165) is 12.1 Å². The molecule has 0 saturated carbocycles. The monoisotopic (exact) mass is 394 g/mol. The number of nitrogens with one attached hydrogen (secondary N) is 1. The van der Waals surface area contributed by atoms with Gasteiger partial charge in [-0.05, 0) is 24.5 Å². The molecular formula is C12H15BrN2O6S. The van der Waals surface area contributed by atoms with Crippen LogP contribution >= 0.6 is 15.9 Å². The van der Waals surface area contributed by atoms with E-state index in [4.69, 9.17) is 5.11 Å². The average molecular weight is 395 g/mol. The number of hydrogen-bond acceptors (Lipinski definition) is 5. The molecule has 0 aliphatic carbocycles. The van der Waals surface area contributed by atoms with Gasteiger partial charge in [-0.15, -0.1) is 0 Å². The van der Waals surface area contributed by atoms with Crippen LogP contribution in [0.2, 0.25) is 0 Å². The molecule has 0 amide bonds. The SMILES string of the molecule is CC(C)CC(NS(=O)(=O)c1cc(Br)ccc1[N+](=O)[O-])C(=O)O. The van der Waals surface area contributed by atoms with Gasteiger partial charge in [-0.25, -0.2) is 8.42 Å². The highest BCUT2D eigenvalue weighted by atomic mass is 79.9. The number of benzene rings is 1. The number of nitro benzene ring substituents is 1. The van der Waals surface area contributed by atoms with Crippen molar-refractivity contribution in [1.29, 1.82) is 0 Å². The minimum absolute atomic E-state index is 0.0658. The average Bonchev–Trinajstić information content (AvgIpc) is 2.36. The normalized spacial score (nSPS) is 13.1. The van der Waals surface area contributed by atoms with Crippen LogP contribution in [0.4, 0.5) is 5.69 Å². The first kappa shape index (κ1) is 18.5. The Bertz CT molecular complexity index is 689. The fraction of sp³-hybridized carbons (Fsp3) is 0.417. The van der Waals surface area contributed by atoms with Gasteiger partial charge in [-0.1, -0.05) is 29.8 Å².